The number of benzene rings is 1. The van der Waals surface area contributed by atoms with Crippen LogP contribution in [0.25, 0.3) is 0 Å². The second kappa shape index (κ2) is 10.5. The molecule has 0 bridgehead atoms. The average molecular weight is 449 g/mol. The topological polar surface area (TPSA) is 77.4 Å². The summed E-state index contributed by atoms with van der Waals surface area (Å²) in [5, 5.41) is 8.19. The van der Waals surface area contributed by atoms with Crippen molar-refractivity contribution in [1.82, 2.24) is 5.01 Å². The minimum absolute atomic E-state index is 0.119. The van der Waals surface area contributed by atoms with Crippen molar-refractivity contribution < 1.29 is 23.8 Å². The number of para-hydroxylation sites is 1. The van der Waals surface area contributed by atoms with Crippen LogP contribution in [0.1, 0.15) is 29.3 Å². The van der Waals surface area contributed by atoms with Crippen LogP contribution in [0, 0.1) is 0 Å². The third-order valence-corrected chi connectivity index (χ3v) is 6.53. The van der Waals surface area contributed by atoms with Crippen LogP contribution in [0.4, 0.5) is 0 Å². The van der Waals surface area contributed by atoms with Crippen LogP contribution in [0.2, 0.25) is 0 Å². The lowest BCUT2D eigenvalue weighted by Crippen LogP contribution is -2.29. The van der Waals surface area contributed by atoms with Crippen LogP contribution in [0.15, 0.2) is 40.8 Å². The zero-order chi connectivity index (χ0) is 21.5. The molecule has 3 rings (SSSR count). The van der Waals surface area contributed by atoms with Gasteiger partial charge in [0.1, 0.15) is 0 Å². The Hall–Kier alpha value is -2.52. The van der Waals surface area contributed by atoms with E-state index in [0.29, 0.717) is 23.7 Å². The van der Waals surface area contributed by atoms with Crippen molar-refractivity contribution in [1.29, 1.82) is 0 Å². The second-order valence-corrected chi connectivity index (χ2v) is 8.50. The zero-order valence-corrected chi connectivity index (χ0v) is 18.8. The molecule has 1 aliphatic rings. The summed E-state index contributed by atoms with van der Waals surface area (Å²) in [6, 6.07) is 9.32. The number of thioether (sulfide) groups is 1. The number of thiophene rings is 1. The molecule has 7 nitrogen and oxygen atoms in total. The van der Waals surface area contributed by atoms with Gasteiger partial charge in [-0.15, -0.1) is 11.3 Å². The lowest BCUT2D eigenvalue weighted by Gasteiger charge is -2.24. The number of hydrazone groups is 1. The average Bonchev–Trinajstić information content (AvgIpc) is 3.45. The van der Waals surface area contributed by atoms with Crippen molar-refractivity contribution in [3.63, 3.8) is 0 Å². The largest absolute Gasteiger partial charge is 0.493 e. The van der Waals surface area contributed by atoms with E-state index in [-0.39, 0.29) is 30.1 Å². The first-order valence-corrected chi connectivity index (χ1v) is 11.4. The van der Waals surface area contributed by atoms with E-state index in [1.807, 2.05) is 35.7 Å². The Labute approximate surface area is 184 Å². The summed E-state index contributed by atoms with van der Waals surface area (Å²) in [5.74, 6) is 1.55. The van der Waals surface area contributed by atoms with Gasteiger partial charge in [0.05, 0.1) is 50.1 Å². The Bertz CT molecular complexity index is 914. The van der Waals surface area contributed by atoms with E-state index in [0.717, 1.165) is 16.2 Å². The molecule has 2 aromatic rings. The van der Waals surface area contributed by atoms with Gasteiger partial charge in [-0.2, -0.15) is 16.9 Å². The highest BCUT2D eigenvalue weighted by Crippen LogP contribution is 2.42. The summed E-state index contributed by atoms with van der Waals surface area (Å²) < 4.78 is 15.7. The van der Waals surface area contributed by atoms with E-state index in [2.05, 4.69) is 9.84 Å². The predicted molar refractivity (Wildman–Crippen MR) is 119 cm³/mol. The normalized spacial score (nSPS) is 15.6. The molecule has 30 heavy (non-hydrogen) atoms. The molecule has 1 aromatic heterocycles. The van der Waals surface area contributed by atoms with E-state index >= 15 is 0 Å². The van der Waals surface area contributed by atoms with E-state index in [4.69, 9.17) is 9.47 Å². The fraction of sp³-hybridized carbons (Fsp3) is 0.381. The van der Waals surface area contributed by atoms with Crippen molar-refractivity contribution in [2.24, 2.45) is 5.10 Å². The minimum Gasteiger partial charge on any atom is -0.493 e. The molecule has 1 unspecified atom stereocenters. The van der Waals surface area contributed by atoms with E-state index in [1.54, 1.807) is 25.6 Å². The third-order valence-electron chi connectivity index (χ3n) is 4.67. The molecule has 1 amide bonds. The lowest BCUT2D eigenvalue weighted by molar-refractivity contribution is -0.140. The number of nitrogens with zero attached hydrogens (tertiary/aromatic N) is 2. The summed E-state index contributed by atoms with van der Waals surface area (Å²) in [6.45, 7) is 0. The van der Waals surface area contributed by atoms with E-state index in [1.165, 1.54) is 23.9 Å². The summed E-state index contributed by atoms with van der Waals surface area (Å²) in [7, 11) is 4.53. The zero-order valence-electron chi connectivity index (χ0n) is 17.1. The fourth-order valence-electron chi connectivity index (χ4n) is 3.23. The first kappa shape index (κ1) is 22.2. The van der Waals surface area contributed by atoms with Crippen molar-refractivity contribution in [3.05, 3.63) is 46.2 Å². The lowest BCUT2D eigenvalue weighted by atomic mass is 9.99. The monoisotopic (exact) mass is 448 g/mol. The van der Waals surface area contributed by atoms with Crippen LogP contribution >= 0.6 is 23.1 Å². The molecule has 9 heteroatoms. The quantitative estimate of drug-likeness (QED) is 0.430. The van der Waals surface area contributed by atoms with E-state index < -0.39 is 0 Å². The molecule has 1 atom stereocenters. The van der Waals surface area contributed by atoms with Gasteiger partial charge in [0.15, 0.2) is 11.5 Å². The van der Waals surface area contributed by atoms with Crippen molar-refractivity contribution in [3.8, 4) is 11.5 Å². The summed E-state index contributed by atoms with van der Waals surface area (Å²) in [6.07, 6.45) is 0.855. The SMILES string of the molecule is COC(=O)CCSCC(=O)N1N=C(c2cccs2)CC1c1cccc(OC)c1OC. The third kappa shape index (κ3) is 4.96. The number of ether oxygens (including phenoxy) is 3. The first-order chi connectivity index (χ1) is 14.6. The second-order valence-electron chi connectivity index (χ2n) is 6.44. The maximum absolute atomic E-state index is 13.0. The van der Waals surface area contributed by atoms with Crippen molar-refractivity contribution in [2.75, 3.05) is 32.8 Å². The molecule has 0 spiro atoms. The first-order valence-electron chi connectivity index (χ1n) is 9.37. The molecular formula is C21H24N2O5S2. The highest BCUT2D eigenvalue weighted by atomic mass is 32.2. The number of methoxy groups -OCH3 is 3. The molecule has 0 radical (unpaired) electrons. The standard InChI is InChI=1S/C21H24N2O5S2/c1-26-17-7-4-6-14(21(17)28-3)16-12-15(18-8-5-10-30-18)22-23(16)19(24)13-29-11-9-20(25)27-2/h4-8,10,16H,9,11-13H2,1-3H3. The summed E-state index contributed by atoms with van der Waals surface area (Å²) in [4.78, 5) is 25.3. The van der Waals surface area contributed by atoms with Crippen LogP contribution in [-0.4, -0.2) is 55.4 Å². The Morgan fingerprint density at radius 3 is 2.70 bits per heavy atom. The van der Waals surface area contributed by atoms with Gasteiger partial charge in [-0.3, -0.25) is 9.59 Å². The highest BCUT2D eigenvalue weighted by molar-refractivity contribution is 7.99. The number of rotatable bonds is 9. The smallest absolute Gasteiger partial charge is 0.306 e. The van der Waals surface area contributed by atoms with Crippen molar-refractivity contribution >= 4 is 40.7 Å². The van der Waals surface area contributed by atoms with Crippen molar-refractivity contribution in [2.45, 2.75) is 18.9 Å². The summed E-state index contributed by atoms with van der Waals surface area (Å²) in [5.41, 5.74) is 1.72. The number of hydrogen-bond acceptors (Lipinski definition) is 8. The number of esters is 1. The Morgan fingerprint density at radius 1 is 1.20 bits per heavy atom. The molecule has 0 saturated carbocycles. The van der Waals surface area contributed by atoms with Gasteiger partial charge >= 0.3 is 5.97 Å². The number of hydrogen-bond donors (Lipinski definition) is 0. The molecule has 2 heterocycles. The number of amides is 1. The van der Waals surface area contributed by atoms with E-state index in [9.17, 15) is 9.59 Å². The van der Waals surface area contributed by atoms with Crippen LogP contribution in [0.3, 0.4) is 0 Å². The van der Waals surface area contributed by atoms with Gasteiger partial charge in [-0.25, -0.2) is 5.01 Å². The van der Waals surface area contributed by atoms with Crippen LogP contribution in [-0.2, 0) is 14.3 Å². The number of carbonyl (C=O) groups excluding carboxylic acids is 2. The molecule has 1 aliphatic heterocycles. The van der Waals surface area contributed by atoms with Gasteiger partial charge in [0.2, 0.25) is 0 Å². The van der Waals surface area contributed by atoms with Crippen LogP contribution < -0.4 is 9.47 Å². The van der Waals surface area contributed by atoms with Gasteiger partial charge in [0, 0.05) is 17.7 Å². The predicted octanol–water partition coefficient (Wildman–Crippen LogP) is 3.74. The Balaban J connectivity index is 1.83. The van der Waals surface area contributed by atoms with Gasteiger partial charge < -0.3 is 14.2 Å². The molecule has 0 fully saturated rings. The maximum Gasteiger partial charge on any atom is 0.306 e. The maximum atomic E-state index is 13.0. The molecule has 160 valence electrons. The highest BCUT2D eigenvalue weighted by Gasteiger charge is 2.35. The molecule has 1 aromatic carbocycles. The van der Waals surface area contributed by atoms with Crippen LogP contribution in [0.5, 0.6) is 11.5 Å². The number of carbonyl (C=O) groups is 2. The molecule has 0 N–H and O–H groups in total. The van der Waals surface area contributed by atoms with Gasteiger partial charge in [0.25, 0.3) is 5.91 Å². The fourth-order valence-corrected chi connectivity index (χ4v) is 4.71. The van der Waals surface area contributed by atoms with Gasteiger partial charge in [-0.05, 0) is 17.5 Å². The van der Waals surface area contributed by atoms with Gasteiger partial charge in [-0.1, -0.05) is 18.2 Å². The summed E-state index contributed by atoms with van der Waals surface area (Å²) >= 11 is 2.99. The molecule has 0 saturated heterocycles. The Morgan fingerprint density at radius 2 is 2.03 bits per heavy atom. The molecular weight excluding hydrogens is 424 g/mol. The Kier molecular flexibility index (Phi) is 7.75. The molecule has 0 aliphatic carbocycles. The minimum atomic E-state index is -0.291.